The molecule has 3 aromatic rings. The van der Waals surface area contributed by atoms with Crippen LogP contribution in [0.3, 0.4) is 0 Å². The third-order valence-electron chi connectivity index (χ3n) is 4.08. The van der Waals surface area contributed by atoms with Crippen LogP contribution in [-0.2, 0) is 0 Å². The summed E-state index contributed by atoms with van der Waals surface area (Å²) in [5.74, 6) is -0.357. The minimum atomic E-state index is -0.434. The number of amides is 1. The van der Waals surface area contributed by atoms with Crippen LogP contribution in [0, 0.1) is 0 Å². The van der Waals surface area contributed by atoms with E-state index < -0.39 is 5.91 Å². The van der Waals surface area contributed by atoms with Crippen LogP contribution in [0.1, 0.15) is 28.4 Å². The Morgan fingerprint density at radius 2 is 1.42 bits per heavy atom. The predicted octanol–water partition coefficient (Wildman–Crippen LogP) is 5.13. The highest BCUT2D eigenvalue weighted by Crippen LogP contribution is 2.10. The van der Waals surface area contributed by atoms with Gasteiger partial charge in [0, 0.05) is 15.6 Å². The van der Waals surface area contributed by atoms with Gasteiger partial charge in [-0.15, -0.1) is 0 Å². The number of carbonyl (C=O) groups is 1. The summed E-state index contributed by atoms with van der Waals surface area (Å²) >= 11 is 11.8. The fourth-order valence-corrected chi connectivity index (χ4v) is 2.68. The molecule has 3 aromatic carbocycles. The van der Waals surface area contributed by atoms with E-state index in [0.717, 1.165) is 11.1 Å². The Kier molecular flexibility index (Phi) is 7.92. The van der Waals surface area contributed by atoms with Crippen molar-refractivity contribution < 1.29 is 4.79 Å². The van der Waals surface area contributed by atoms with Crippen molar-refractivity contribution in [1.82, 2.24) is 10.9 Å². The van der Waals surface area contributed by atoms with Gasteiger partial charge in [0.05, 0.1) is 11.9 Å². The average Bonchev–Trinajstić information content (AvgIpc) is 2.79. The highest BCUT2D eigenvalue weighted by Gasteiger charge is 2.06. The first-order valence-electron chi connectivity index (χ1n) is 9.30. The van der Waals surface area contributed by atoms with Gasteiger partial charge in [-0.3, -0.25) is 4.79 Å². The maximum atomic E-state index is 12.5. The molecule has 0 saturated carbocycles. The monoisotopic (exact) mass is 451 g/mol. The summed E-state index contributed by atoms with van der Waals surface area (Å²) in [4.78, 5) is 16.5. The van der Waals surface area contributed by atoms with E-state index in [4.69, 9.17) is 23.2 Å². The molecule has 8 heteroatoms. The van der Waals surface area contributed by atoms with Gasteiger partial charge >= 0.3 is 0 Å². The Hall–Kier alpha value is -3.48. The standard InChI is InChI=1S/C23H19Cl2N5O/c1-16(18-9-13-21(25)14-10-18)28-30-23(27-22(31)19-5-3-2-4-6-19)29-26-15-17-7-11-20(24)12-8-17/h2-15H,1H3,(H2,27,29,30,31)/b26-15+,28-16+. The highest BCUT2D eigenvalue weighted by molar-refractivity contribution is 6.31. The second-order valence-electron chi connectivity index (χ2n) is 6.37. The van der Waals surface area contributed by atoms with Crippen LogP contribution >= 0.6 is 23.2 Å². The number of benzene rings is 3. The van der Waals surface area contributed by atoms with Crippen molar-refractivity contribution in [2.45, 2.75) is 6.92 Å². The predicted molar refractivity (Wildman–Crippen MR) is 127 cm³/mol. The fourth-order valence-electron chi connectivity index (χ4n) is 2.43. The largest absolute Gasteiger partial charge is 0.280 e. The summed E-state index contributed by atoms with van der Waals surface area (Å²) in [5, 5.41) is 9.70. The van der Waals surface area contributed by atoms with Gasteiger partial charge in [-0.25, -0.2) is 10.9 Å². The Balaban J connectivity index is 1.78. The molecule has 0 aliphatic rings. The number of guanidine groups is 1. The molecule has 0 fully saturated rings. The van der Waals surface area contributed by atoms with Gasteiger partial charge < -0.3 is 0 Å². The zero-order valence-electron chi connectivity index (χ0n) is 16.6. The third-order valence-corrected chi connectivity index (χ3v) is 4.58. The Morgan fingerprint density at radius 3 is 2.06 bits per heavy atom. The number of aliphatic imine (C=N–C) groups is 1. The molecular weight excluding hydrogens is 433 g/mol. The van der Waals surface area contributed by atoms with Crippen LogP contribution < -0.4 is 10.9 Å². The van der Waals surface area contributed by atoms with Crippen molar-refractivity contribution in [1.29, 1.82) is 0 Å². The maximum Gasteiger partial charge on any atom is 0.280 e. The maximum absolute atomic E-state index is 12.5. The van der Waals surface area contributed by atoms with E-state index in [2.05, 4.69) is 26.0 Å². The number of nitrogens with zero attached hydrogens (tertiary/aromatic N) is 3. The van der Waals surface area contributed by atoms with E-state index in [9.17, 15) is 4.79 Å². The van der Waals surface area contributed by atoms with Crippen LogP contribution in [0.5, 0.6) is 0 Å². The fraction of sp³-hybridized carbons (Fsp3) is 0.0435. The van der Waals surface area contributed by atoms with Gasteiger partial charge in [-0.1, -0.05) is 65.7 Å². The smallest absolute Gasteiger partial charge is 0.267 e. The van der Waals surface area contributed by atoms with Crippen LogP contribution in [0.4, 0.5) is 0 Å². The topological polar surface area (TPSA) is 78.2 Å². The van der Waals surface area contributed by atoms with Crippen molar-refractivity contribution in [2.24, 2.45) is 15.2 Å². The lowest BCUT2D eigenvalue weighted by atomic mass is 10.1. The molecule has 156 valence electrons. The van der Waals surface area contributed by atoms with Gasteiger partial charge in [-0.2, -0.15) is 15.2 Å². The molecular formula is C23H19Cl2N5O. The third kappa shape index (κ3) is 7.06. The summed E-state index contributed by atoms with van der Waals surface area (Å²) in [6, 6.07) is 23.1. The summed E-state index contributed by atoms with van der Waals surface area (Å²) in [6.45, 7) is 1.82. The lowest BCUT2D eigenvalue weighted by Crippen LogP contribution is -2.32. The molecule has 0 atom stereocenters. The normalized spacial score (nSPS) is 12.1. The van der Waals surface area contributed by atoms with Crippen molar-refractivity contribution >= 4 is 47.0 Å². The number of hydrazone groups is 2. The molecule has 0 bridgehead atoms. The Bertz CT molecular complexity index is 1110. The number of hydrogen-bond donors (Lipinski definition) is 2. The van der Waals surface area contributed by atoms with E-state index in [1.165, 1.54) is 0 Å². The zero-order chi connectivity index (χ0) is 22.1. The molecule has 3 rings (SSSR count). The minimum absolute atomic E-state index is 0.0763. The number of nitrogens with one attached hydrogen (secondary N) is 2. The van der Waals surface area contributed by atoms with E-state index >= 15 is 0 Å². The molecule has 0 aliphatic carbocycles. The Labute approximate surface area is 190 Å². The quantitative estimate of drug-likeness (QED) is 0.320. The number of carbonyl (C=O) groups excluding carboxylic acids is 1. The Morgan fingerprint density at radius 1 is 0.806 bits per heavy atom. The molecule has 0 saturated heterocycles. The molecule has 0 aliphatic heterocycles. The first-order valence-corrected chi connectivity index (χ1v) is 10.1. The lowest BCUT2D eigenvalue weighted by molar-refractivity contribution is 0.100. The van der Waals surface area contributed by atoms with Crippen LogP contribution in [-0.4, -0.2) is 23.8 Å². The van der Waals surface area contributed by atoms with Gasteiger partial charge in [0.2, 0.25) is 5.96 Å². The molecule has 2 N–H and O–H groups in total. The molecule has 1 amide bonds. The van der Waals surface area contributed by atoms with Crippen molar-refractivity contribution in [3.8, 4) is 0 Å². The second-order valence-corrected chi connectivity index (χ2v) is 7.24. The first kappa shape index (κ1) is 22.2. The summed E-state index contributed by atoms with van der Waals surface area (Å²) in [5.41, 5.74) is 8.32. The second kappa shape index (κ2) is 11.1. The van der Waals surface area contributed by atoms with Crippen molar-refractivity contribution in [2.75, 3.05) is 0 Å². The lowest BCUT2D eigenvalue weighted by Gasteiger charge is -2.07. The van der Waals surface area contributed by atoms with Crippen LogP contribution in [0.2, 0.25) is 10.0 Å². The van der Waals surface area contributed by atoms with Gasteiger partial charge in [0.1, 0.15) is 0 Å². The van der Waals surface area contributed by atoms with Crippen molar-refractivity contribution in [3.05, 3.63) is 106 Å². The molecule has 0 unspecified atom stereocenters. The molecule has 6 nitrogen and oxygen atoms in total. The SMILES string of the molecule is C/C(=N\N/C(=N/C(=O)c1ccccc1)N/N=C/c1ccc(Cl)cc1)c1ccc(Cl)cc1. The molecule has 0 aromatic heterocycles. The van der Waals surface area contributed by atoms with Crippen LogP contribution in [0.15, 0.2) is 94.1 Å². The number of hydrogen-bond acceptors (Lipinski definition) is 3. The van der Waals surface area contributed by atoms with Gasteiger partial charge in [0.25, 0.3) is 5.91 Å². The summed E-state index contributed by atoms with van der Waals surface area (Å²) < 4.78 is 0. The summed E-state index contributed by atoms with van der Waals surface area (Å²) in [6.07, 6.45) is 1.58. The molecule has 0 spiro atoms. The first-order chi connectivity index (χ1) is 15.0. The highest BCUT2D eigenvalue weighted by atomic mass is 35.5. The van der Waals surface area contributed by atoms with Crippen LogP contribution in [0.25, 0.3) is 0 Å². The number of halogens is 2. The average molecular weight is 452 g/mol. The minimum Gasteiger partial charge on any atom is -0.267 e. The zero-order valence-corrected chi connectivity index (χ0v) is 18.1. The molecule has 0 radical (unpaired) electrons. The molecule has 31 heavy (non-hydrogen) atoms. The van der Waals surface area contributed by atoms with E-state index in [1.807, 2.05) is 37.3 Å². The number of rotatable bonds is 5. The van der Waals surface area contributed by atoms with Crippen molar-refractivity contribution in [3.63, 3.8) is 0 Å². The van der Waals surface area contributed by atoms with E-state index in [1.54, 1.807) is 54.7 Å². The molecule has 0 heterocycles. The van der Waals surface area contributed by atoms with Gasteiger partial charge in [0.15, 0.2) is 0 Å². The summed E-state index contributed by atoms with van der Waals surface area (Å²) in [7, 11) is 0. The van der Waals surface area contributed by atoms with E-state index in [0.29, 0.717) is 21.3 Å². The van der Waals surface area contributed by atoms with Gasteiger partial charge in [-0.05, 0) is 54.4 Å². The van der Waals surface area contributed by atoms with E-state index in [-0.39, 0.29) is 5.96 Å².